The van der Waals surface area contributed by atoms with Crippen LogP contribution in [0.15, 0.2) is 0 Å². The van der Waals surface area contributed by atoms with Crippen LogP contribution in [0.2, 0.25) is 0 Å². The lowest BCUT2D eigenvalue weighted by molar-refractivity contribution is -0.373. The molecule has 0 bridgehead atoms. The monoisotopic (exact) mass is 539 g/mol. The van der Waals surface area contributed by atoms with Gasteiger partial charge in [-0.05, 0) is 19.9 Å². The van der Waals surface area contributed by atoms with Crippen LogP contribution in [0.3, 0.4) is 0 Å². The number of fused-ring (bicyclic) bond motifs is 1. The molecule has 0 radical (unpaired) electrons. The number of hydrogen-bond acceptors (Lipinski definition) is 16. The molecule has 3 saturated heterocycles. The summed E-state index contributed by atoms with van der Waals surface area (Å²) in [7, 11) is 1.55. The van der Waals surface area contributed by atoms with E-state index in [4.69, 9.17) is 46.6 Å². The van der Waals surface area contributed by atoms with E-state index >= 15 is 0 Å². The summed E-state index contributed by atoms with van der Waals surface area (Å²) in [6.07, 6.45) is -13.7. The van der Waals surface area contributed by atoms with Crippen LogP contribution in [-0.4, -0.2) is 148 Å². The van der Waals surface area contributed by atoms with Gasteiger partial charge in [0.2, 0.25) is 0 Å². The van der Waals surface area contributed by atoms with Crippen molar-refractivity contribution >= 4 is 0 Å². The quantitative estimate of drug-likeness (QED) is 0.149. The summed E-state index contributed by atoms with van der Waals surface area (Å²) >= 11 is 0. The van der Waals surface area contributed by atoms with Crippen molar-refractivity contribution in [2.24, 2.45) is 22.9 Å². The summed E-state index contributed by atoms with van der Waals surface area (Å²) in [5, 5.41) is 64.7. The Bertz CT molecular complexity index is 756. The van der Waals surface area contributed by atoms with E-state index in [0.717, 1.165) is 0 Å². The molecule has 0 spiro atoms. The van der Waals surface area contributed by atoms with Crippen LogP contribution in [0.5, 0.6) is 0 Å². The summed E-state index contributed by atoms with van der Waals surface area (Å²) in [6.45, 7) is -0.508. The number of nitrogens with two attached hydrogens (primary N) is 4. The molecule has 1 aliphatic carbocycles. The van der Waals surface area contributed by atoms with Crippen LogP contribution in [0.1, 0.15) is 12.8 Å². The topological polar surface area (TPSA) is 284 Å². The molecule has 9 unspecified atom stereocenters. The first-order valence-corrected chi connectivity index (χ1v) is 12.5. The van der Waals surface area contributed by atoms with Gasteiger partial charge in [-0.1, -0.05) is 0 Å². The minimum absolute atomic E-state index is 0.156. The average Bonchev–Trinajstić information content (AvgIpc) is 2.86. The van der Waals surface area contributed by atoms with Crippen LogP contribution in [-0.2, 0) is 23.7 Å². The highest BCUT2D eigenvalue weighted by Crippen LogP contribution is 2.35. The number of aliphatic hydroxyl groups is 6. The standard InChI is InChI=1S/C21H41N5O11/c1-26-11-14(30)18-8(33-20(11)37-21-16(32)13(29)10(25)9(4-27)34-21)3-7(24)19(36-18)35-17-6(23)2-5(22)12(28)15(17)31/h5-21,26-32H,2-4,22-25H2,1H3/t5-,6?,7?,8+,9?,10-,11?,12?,13+,14?,15-,16?,17-,18?,19+,20?,21-/m1/s1. The fourth-order valence-electron chi connectivity index (χ4n) is 5.46. The Morgan fingerprint density at radius 1 is 0.730 bits per heavy atom. The highest BCUT2D eigenvalue weighted by molar-refractivity contribution is 5.01. The first kappa shape index (κ1) is 29.3. The molecule has 4 aliphatic rings. The Morgan fingerprint density at radius 2 is 1.43 bits per heavy atom. The molecule has 0 aromatic rings. The molecule has 4 rings (SSSR count). The molecule has 17 atom stereocenters. The Balaban J connectivity index is 1.43. The normalized spacial score (nSPS) is 55.1. The largest absolute Gasteiger partial charge is 0.394 e. The van der Waals surface area contributed by atoms with Gasteiger partial charge in [0.05, 0.1) is 36.9 Å². The maximum absolute atomic E-state index is 11.1. The fourth-order valence-corrected chi connectivity index (χ4v) is 5.46. The van der Waals surface area contributed by atoms with E-state index in [1.807, 2.05) is 0 Å². The highest BCUT2D eigenvalue weighted by Gasteiger charge is 2.54. The van der Waals surface area contributed by atoms with E-state index < -0.39 is 111 Å². The summed E-state index contributed by atoms with van der Waals surface area (Å²) in [4.78, 5) is 0. The van der Waals surface area contributed by atoms with E-state index in [-0.39, 0.29) is 12.8 Å². The number of ether oxygens (including phenoxy) is 5. The van der Waals surface area contributed by atoms with Crippen molar-refractivity contribution in [3.63, 3.8) is 0 Å². The average molecular weight is 540 g/mol. The van der Waals surface area contributed by atoms with E-state index in [0.29, 0.717) is 0 Å². The van der Waals surface area contributed by atoms with Crippen LogP contribution >= 0.6 is 0 Å². The van der Waals surface area contributed by atoms with Crippen LogP contribution < -0.4 is 28.3 Å². The lowest BCUT2D eigenvalue weighted by Crippen LogP contribution is -2.70. The molecule has 1 saturated carbocycles. The minimum Gasteiger partial charge on any atom is -0.394 e. The van der Waals surface area contributed by atoms with Gasteiger partial charge in [0, 0.05) is 12.1 Å². The van der Waals surface area contributed by atoms with Crippen molar-refractivity contribution in [1.82, 2.24) is 5.32 Å². The van der Waals surface area contributed by atoms with Gasteiger partial charge in [0.1, 0.15) is 42.7 Å². The Kier molecular flexibility index (Phi) is 9.40. The smallest absolute Gasteiger partial charge is 0.189 e. The zero-order valence-corrected chi connectivity index (χ0v) is 20.5. The lowest BCUT2D eigenvalue weighted by Gasteiger charge is -2.51. The van der Waals surface area contributed by atoms with Crippen molar-refractivity contribution in [2.75, 3.05) is 13.7 Å². The number of hydrogen-bond donors (Lipinski definition) is 11. The zero-order chi connectivity index (χ0) is 27.2. The zero-order valence-electron chi connectivity index (χ0n) is 20.5. The molecule has 3 aliphatic heterocycles. The molecule has 15 N–H and O–H groups in total. The summed E-state index contributed by atoms with van der Waals surface area (Å²) in [5.41, 5.74) is 24.0. The number of aliphatic hydroxyl groups excluding tert-OH is 6. The van der Waals surface area contributed by atoms with Crippen LogP contribution in [0.4, 0.5) is 0 Å². The Morgan fingerprint density at radius 3 is 2.08 bits per heavy atom. The molecular weight excluding hydrogens is 498 g/mol. The second-order valence-corrected chi connectivity index (χ2v) is 10.3. The van der Waals surface area contributed by atoms with Crippen LogP contribution in [0.25, 0.3) is 0 Å². The first-order valence-electron chi connectivity index (χ1n) is 12.5. The number of rotatable bonds is 6. The SMILES string of the molecule is CNC1C(O[C@H]2OC(CO)[C@@H](N)[C@H](O)C2O)O[C@H]2CC(N)[C@@H](O[C@@H]3C(N)C[C@@H](N)C(O)[C@H]3O)OC2C1O. The van der Waals surface area contributed by atoms with Gasteiger partial charge in [0.15, 0.2) is 18.9 Å². The van der Waals surface area contributed by atoms with Gasteiger partial charge >= 0.3 is 0 Å². The van der Waals surface area contributed by atoms with Crippen molar-refractivity contribution in [3.05, 3.63) is 0 Å². The molecule has 16 nitrogen and oxygen atoms in total. The van der Waals surface area contributed by atoms with E-state index in [2.05, 4.69) is 5.32 Å². The highest BCUT2D eigenvalue weighted by atomic mass is 16.8. The van der Waals surface area contributed by atoms with Gasteiger partial charge in [-0.15, -0.1) is 0 Å². The molecule has 4 fully saturated rings. The van der Waals surface area contributed by atoms with E-state index in [9.17, 15) is 30.6 Å². The predicted molar refractivity (Wildman–Crippen MR) is 123 cm³/mol. The minimum atomic E-state index is -1.54. The van der Waals surface area contributed by atoms with Gasteiger partial charge in [0.25, 0.3) is 0 Å². The maximum Gasteiger partial charge on any atom is 0.189 e. The van der Waals surface area contributed by atoms with Gasteiger partial charge < -0.3 is 82.6 Å². The molecule has 16 heteroatoms. The van der Waals surface area contributed by atoms with Gasteiger partial charge in [-0.25, -0.2) is 0 Å². The van der Waals surface area contributed by atoms with Crippen molar-refractivity contribution < 1.29 is 54.3 Å². The predicted octanol–water partition coefficient (Wildman–Crippen LogP) is -6.95. The Hall–Kier alpha value is -0.640. The third-order valence-corrected chi connectivity index (χ3v) is 7.74. The fraction of sp³-hybridized carbons (Fsp3) is 1.00. The molecule has 37 heavy (non-hydrogen) atoms. The van der Waals surface area contributed by atoms with Crippen molar-refractivity contribution in [1.29, 1.82) is 0 Å². The first-order chi connectivity index (χ1) is 17.5. The third-order valence-electron chi connectivity index (χ3n) is 7.74. The molecular formula is C21H41N5O11. The summed E-state index contributed by atoms with van der Waals surface area (Å²) in [6, 6.07) is -4.05. The van der Waals surface area contributed by atoms with Crippen molar-refractivity contribution in [2.45, 2.75) is 117 Å². The number of likely N-dealkylation sites (N-methyl/N-ethyl adjacent to an activating group) is 1. The second kappa shape index (κ2) is 11.8. The molecule has 216 valence electrons. The molecule has 0 aromatic carbocycles. The van der Waals surface area contributed by atoms with E-state index in [1.54, 1.807) is 7.05 Å². The molecule has 0 aromatic heterocycles. The Labute approximate surface area is 213 Å². The maximum atomic E-state index is 11.1. The number of nitrogens with one attached hydrogen (secondary N) is 1. The second-order valence-electron chi connectivity index (χ2n) is 10.3. The molecule has 3 heterocycles. The third kappa shape index (κ3) is 5.66. The van der Waals surface area contributed by atoms with Gasteiger partial charge in [-0.3, -0.25) is 0 Å². The van der Waals surface area contributed by atoms with Crippen LogP contribution in [0, 0.1) is 0 Å². The van der Waals surface area contributed by atoms with Gasteiger partial charge in [-0.2, -0.15) is 0 Å². The molecule has 0 amide bonds. The summed E-state index contributed by atoms with van der Waals surface area (Å²) in [5.74, 6) is 0. The van der Waals surface area contributed by atoms with Crippen molar-refractivity contribution in [3.8, 4) is 0 Å². The summed E-state index contributed by atoms with van der Waals surface area (Å²) < 4.78 is 29.2. The van der Waals surface area contributed by atoms with E-state index in [1.165, 1.54) is 0 Å². The lowest BCUT2D eigenvalue weighted by atomic mass is 9.84.